The number of thioether (sulfide) groups is 1. The zero-order chi connectivity index (χ0) is 17.5. The highest BCUT2D eigenvalue weighted by Crippen LogP contribution is 2.29. The molecule has 0 aliphatic heterocycles. The van der Waals surface area contributed by atoms with Crippen LogP contribution >= 0.6 is 11.8 Å². The first-order valence-corrected chi connectivity index (χ1v) is 8.69. The third-order valence-electron chi connectivity index (χ3n) is 3.35. The second kappa shape index (κ2) is 8.34. The Morgan fingerprint density at radius 3 is 2.68 bits per heavy atom. The summed E-state index contributed by atoms with van der Waals surface area (Å²) < 4.78 is 10.8. The van der Waals surface area contributed by atoms with Crippen LogP contribution in [0.3, 0.4) is 0 Å². The van der Waals surface area contributed by atoms with Crippen LogP contribution in [0.25, 0.3) is 11.5 Å². The van der Waals surface area contributed by atoms with Gasteiger partial charge in [-0.05, 0) is 24.3 Å². The van der Waals surface area contributed by atoms with E-state index in [4.69, 9.17) is 9.15 Å². The molecular weight excluding hydrogens is 338 g/mol. The lowest BCUT2D eigenvalue weighted by Gasteiger charge is -2.03. The summed E-state index contributed by atoms with van der Waals surface area (Å²) in [5.41, 5.74) is 0.678. The fourth-order valence-corrected chi connectivity index (χ4v) is 3.04. The molecule has 1 amide bonds. The predicted octanol–water partition coefficient (Wildman–Crippen LogP) is 3.87. The number of hydrogen-bond donors (Lipinski definition) is 1. The first-order valence-electron chi connectivity index (χ1n) is 7.71. The van der Waals surface area contributed by atoms with Crippen LogP contribution in [0.4, 0.5) is 6.01 Å². The average molecular weight is 355 g/mol. The quantitative estimate of drug-likeness (QED) is 0.648. The minimum Gasteiger partial charge on any atom is -0.496 e. The highest BCUT2D eigenvalue weighted by atomic mass is 32.2. The van der Waals surface area contributed by atoms with Crippen LogP contribution in [0.2, 0.25) is 0 Å². The zero-order valence-corrected chi connectivity index (χ0v) is 14.5. The van der Waals surface area contributed by atoms with E-state index in [0.29, 0.717) is 29.4 Å². The number of carbonyl (C=O) groups is 1. The van der Waals surface area contributed by atoms with Crippen LogP contribution < -0.4 is 10.1 Å². The number of aromatic nitrogens is 2. The highest BCUT2D eigenvalue weighted by molar-refractivity contribution is 7.99. The summed E-state index contributed by atoms with van der Waals surface area (Å²) in [6.45, 7) is 0. The molecule has 1 heterocycles. The number of benzene rings is 2. The SMILES string of the molecule is COc1ccccc1-c1nnc(NC(=O)CCSc2ccccc2)o1. The summed E-state index contributed by atoms with van der Waals surface area (Å²) in [6.07, 6.45) is 0.353. The Hall–Kier alpha value is -2.80. The number of nitrogens with zero attached hydrogens (tertiary/aromatic N) is 2. The molecule has 3 rings (SSSR count). The number of anilines is 1. The van der Waals surface area contributed by atoms with E-state index in [1.807, 2.05) is 48.5 Å². The highest BCUT2D eigenvalue weighted by Gasteiger charge is 2.14. The van der Waals surface area contributed by atoms with Gasteiger partial charge in [-0.25, -0.2) is 0 Å². The molecule has 0 aliphatic rings. The van der Waals surface area contributed by atoms with Crippen molar-refractivity contribution < 1.29 is 13.9 Å². The van der Waals surface area contributed by atoms with Gasteiger partial charge < -0.3 is 9.15 Å². The third-order valence-corrected chi connectivity index (χ3v) is 4.36. The molecule has 0 unspecified atom stereocenters. The van der Waals surface area contributed by atoms with Crippen LogP contribution in [0.5, 0.6) is 5.75 Å². The van der Waals surface area contributed by atoms with E-state index in [0.717, 1.165) is 4.90 Å². The molecule has 0 spiro atoms. The van der Waals surface area contributed by atoms with Crippen molar-refractivity contribution in [1.82, 2.24) is 10.2 Å². The van der Waals surface area contributed by atoms with Crippen LogP contribution in [0, 0.1) is 0 Å². The molecule has 0 fully saturated rings. The van der Waals surface area contributed by atoms with E-state index in [-0.39, 0.29) is 11.9 Å². The van der Waals surface area contributed by atoms with Crippen LogP contribution in [-0.2, 0) is 4.79 Å². The topological polar surface area (TPSA) is 77.3 Å². The van der Waals surface area contributed by atoms with Gasteiger partial charge in [0.1, 0.15) is 5.75 Å². The van der Waals surface area contributed by atoms with Crippen molar-refractivity contribution in [3.05, 3.63) is 54.6 Å². The molecule has 3 aromatic rings. The summed E-state index contributed by atoms with van der Waals surface area (Å²) in [4.78, 5) is 13.1. The number of nitrogens with one attached hydrogen (secondary N) is 1. The molecule has 6 nitrogen and oxygen atoms in total. The Kier molecular flexibility index (Phi) is 5.69. The molecule has 1 aromatic heterocycles. The first kappa shape index (κ1) is 17.0. The Morgan fingerprint density at radius 1 is 1.12 bits per heavy atom. The van der Waals surface area contributed by atoms with Crippen molar-refractivity contribution in [2.75, 3.05) is 18.2 Å². The van der Waals surface area contributed by atoms with Gasteiger partial charge in [-0.15, -0.1) is 16.9 Å². The molecule has 7 heteroatoms. The zero-order valence-electron chi connectivity index (χ0n) is 13.6. The standard InChI is InChI=1S/C18H17N3O3S/c1-23-15-10-6-5-9-14(15)17-20-21-18(24-17)19-16(22)11-12-25-13-7-3-2-4-8-13/h2-10H,11-12H2,1H3,(H,19,21,22). The molecule has 25 heavy (non-hydrogen) atoms. The number of rotatable bonds is 7. The monoisotopic (exact) mass is 355 g/mol. The Morgan fingerprint density at radius 2 is 1.88 bits per heavy atom. The minimum absolute atomic E-state index is 0.0793. The van der Waals surface area contributed by atoms with E-state index in [2.05, 4.69) is 15.5 Å². The molecule has 0 saturated carbocycles. The van der Waals surface area contributed by atoms with E-state index in [9.17, 15) is 4.79 Å². The fraction of sp³-hybridized carbons (Fsp3) is 0.167. The summed E-state index contributed by atoms with van der Waals surface area (Å²) in [7, 11) is 1.57. The number of hydrogen-bond acceptors (Lipinski definition) is 6. The van der Waals surface area contributed by atoms with E-state index in [1.165, 1.54) is 0 Å². The predicted molar refractivity (Wildman–Crippen MR) is 96.7 cm³/mol. The largest absolute Gasteiger partial charge is 0.496 e. The Balaban J connectivity index is 1.55. The fourth-order valence-electron chi connectivity index (χ4n) is 2.16. The summed E-state index contributed by atoms with van der Waals surface area (Å²) >= 11 is 1.62. The number of para-hydroxylation sites is 1. The maximum absolute atomic E-state index is 12.0. The normalized spacial score (nSPS) is 10.4. The molecule has 0 saturated heterocycles. The van der Waals surface area contributed by atoms with Gasteiger partial charge in [0.05, 0.1) is 12.7 Å². The maximum atomic E-state index is 12.0. The lowest BCUT2D eigenvalue weighted by atomic mass is 10.2. The van der Waals surface area contributed by atoms with Gasteiger partial charge in [0.25, 0.3) is 5.89 Å². The molecule has 0 atom stereocenters. The molecule has 2 aromatic carbocycles. The van der Waals surface area contributed by atoms with E-state index >= 15 is 0 Å². The van der Waals surface area contributed by atoms with Crippen molar-refractivity contribution in [3.63, 3.8) is 0 Å². The van der Waals surface area contributed by atoms with Crippen molar-refractivity contribution in [3.8, 4) is 17.2 Å². The van der Waals surface area contributed by atoms with Crippen molar-refractivity contribution in [2.45, 2.75) is 11.3 Å². The number of amides is 1. The number of ether oxygens (including phenoxy) is 1. The second-order valence-corrected chi connectivity index (χ2v) is 6.24. The minimum atomic E-state index is -0.168. The molecule has 0 radical (unpaired) electrons. The van der Waals surface area contributed by atoms with Crippen molar-refractivity contribution in [1.29, 1.82) is 0 Å². The van der Waals surface area contributed by atoms with Gasteiger partial charge >= 0.3 is 6.01 Å². The Labute approximate surface area is 149 Å². The van der Waals surface area contributed by atoms with Crippen molar-refractivity contribution in [2.24, 2.45) is 0 Å². The molecular formula is C18H17N3O3S. The van der Waals surface area contributed by atoms with Crippen LogP contribution in [0.15, 0.2) is 63.9 Å². The Bertz CT molecular complexity index is 836. The van der Waals surface area contributed by atoms with E-state index in [1.54, 1.807) is 24.9 Å². The van der Waals surface area contributed by atoms with Crippen LogP contribution in [-0.4, -0.2) is 29.0 Å². The number of methoxy groups -OCH3 is 1. The maximum Gasteiger partial charge on any atom is 0.322 e. The smallest absolute Gasteiger partial charge is 0.322 e. The van der Waals surface area contributed by atoms with Gasteiger partial charge in [-0.1, -0.05) is 35.4 Å². The second-order valence-electron chi connectivity index (χ2n) is 5.07. The summed E-state index contributed by atoms with van der Waals surface area (Å²) in [5.74, 6) is 1.43. The van der Waals surface area contributed by atoms with Crippen LogP contribution in [0.1, 0.15) is 6.42 Å². The third kappa shape index (κ3) is 4.60. The summed E-state index contributed by atoms with van der Waals surface area (Å²) in [5, 5.41) is 10.4. The summed E-state index contributed by atoms with van der Waals surface area (Å²) in [6, 6.07) is 17.3. The lowest BCUT2D eigenvalue weighted by molar-refractivity contribution is -0.115. The van der Waals surface area contributed by atoms with Gasteiger partial charge in [0.2, 0.25) is 5.91 Å². The number of carbonyl (C=O) groups excluding carboxylic acids is 1. The van der Waals surface area contributed by atoms with Gasteiger partial charge in [-0.2, -0.15) is 0 Å². The lowest BCUT2D eigenvalue weighted by Crippen LogP contribution is -2.12. The van der Waals surface area contributed by atoms with Crippen molar-refractivity contribution >= 4 is 23.7 Å². The van der Waals surface area contributed by atoms with E-state index < -0.39 is 0 Å². The average Bonchev–Trinajstić information content (AvgIpc) is 3.10. The molecule has 0 bridgehead atoms. The van der Waals surface area contributed by atoms with Gasteiger partial charge in [-0.3, -0.25) is 10.1 Å². The molecule has 1 N–H and O–H groups in total. The first-order chi connectivity index (χ1) is 12.3. The van der Waals surface area contributed by atoms with Gasteiger partial charge in [0, 0.05) is 17.1 Å². The van der Waals surface area contributed by atoms with Gasteiger partial charge in [0.15, 0.2) is 0 Å². The molecule has 128 valence electrons. The molecule has 0 aliphatic carbocycles.